The van der Waals surface area contributed by atoms with Crippen LogP contribution >= 0.6 is 11.3 Å². The molecule has 320 valence electrons. The van der Waals surface area contributed by atoms with Gasteiger partial charge < -0.3 is 42.5 Å². The number of anilines is 4. The first-order valence-electron chi connectivity index (χ1n) is 18.2. The number of pyridine rings is 1. The van der Waals surface area contributed by atoms with Gasteiger partial charge >= 0.3 is 94.3 Å². The fraction of sp³-hybridized carbons (Fsp3) is 0.0238. The number of fused-ring (bicyclic) bond motifs is 2. The Kier molecular flexibility index (Phi) is 20.6. The standard InChI is InChI=1S/C42H27N9O9S4.5Li/c1-24-35(23-43)39(44-29-12-16-32(17-13-29)62(52,53)54)47-40(45-30-14-18-33(19-15-30)63(55,56)57)37(24)49-51-42-46-38(28-11-10-25-6-2-3-7-26(25)20-28)41(61-42)50-48-31-21-27-8-4-5-9-34(27)36(22-31)64(58,59)60;;;;;/h2-4,6-7,9-22H,1H3,(H2,44,45,47)(H,52,53,54)(H,55,56,57)(H,58,59,60);;;;;/q-2;5*+1/p-3. The predicted octanol–water partition coefficient (Wildman–Crippen LogP) is -5.66. The molecule has 0 radical (unpaired) electrons. The first kappa shape index (κ1) is 58.9. The molecule has 2 heterocycles. The quantitative estimate of drug-likeness (QED) is 0.0500. The summed E-state index contributed by atoms with van der Waals surface area (Å²) in [6, 6.07) is 35.8. The molecule has 0 spiro atoms. The Bertz CT molecular complexity index is 3640. The summed E-state index contributed by atoms with van der Waals surface area (Å²) in [6.45, 7) is 1.56. The molecule has 18 nitrogen and oxygen atoms in total. The third kappa shape index (κ3) is 13.7. The van der Waals surface area contributed by atoms with Crippen molar-refractivity contribution in [2.45, 2.75) is 21.6 Å². The fourth-order valence-electron chi connectivity index (χ4n) is 6.34. The van der Waals surface area contributed by atoms with E-state index < -0.39 is 45.0 Å². The monoisotopic (exact) mass is 961 g/mol. The Morgan fingerprint density at radius 3 is 1.84 bits per heavy atom. The van der Waals surface area contributed by atoms with E-state index in [1.165, 1.54) is 42.5 Å². The Morgan fingerprint density at radius 2 is 1.26 bits per heavy atom. The van der Waals surface area contributed by atoms with Gasteiger partial charge in [0, 0.05) is 22.5 Å². The van der Waals surface area contributed by atoms with Gasteiger partial charge in [0.2, 0.25) is 5.13 Å². The largest absolute Gasteiger partial charge is 1.00 e. The third-order valence-corrected chi connectivity index (χ3v) is 12.8. The average molecular weight is 962 g/mol. The van der Waals surface area contributed by atoms with Gasteiger partial charge in [-0.2, -0.15) is 5.26 Å². The van der Waals surface area contributed by atoms with Gasteiger partial charge in [-0.25, -0.2) is 46.0 Å². The van der Waals surface area contributed by atoms with Crippen LogP contribution in [0.15, 0.2) is 150 Å². The van der Waals surface area contributed by atoms with Crippen molar-refractivity contribution >= 4 is 108 Å². The molecule has 0 aliphatic carbocycles. The maximum Gasteiger partial charge on any atom is 1.00 e. The number of azo groups is 2. The number of hydrogen-bond acceptors (Lipinski definition) is 19. The van der Waals surface area contributed by atoms with Crippen LogP contribution in [-0.4, -0.2) is 48.9 Å². The molecule has 69 heavy (non-hydrogen) atoms. The molecule has 0 atom stereocenters. The minimum atomic E-state index is -4.93. The molecule has 0 bridgehead atoms. The number of thiazole rings is 1. The van der Waals surface area contributed by atoms with Crippen molar-refractivity contribution in [2.75, 3.05) is 10.6 Å². The maximum atomic E-state index is 12.2. The molecule has 0 fully saturated rings. The van der Waals surface area contributed by atoms with E-state index in [-0.39, 0.29) is 155 Å². The van der Waals surface area contributed by atoms with Gasteiger partial charge in [-0.15, -0.1) is 20.5 Å². The predicted molar refractivity (Wildman–Crippen MR) is 232 cm³/mol. The fourth-order valence-corrected chi connectivity index (χ4v) is 8.71. The van der Waals surface area contributed by atoms with Gasteiger partial charge in [0.25, 0.3) is 0 Å². The van der Waals surface area contributed by atoms with Crippen molar-refractivity contribution in [3.05, 3.63) is 139 Å². The molecule has 8 rings (SSSR count). The van der Waals surface area contributed by atoms with E-state index in [0.717, 1.165) is 52.4 Å². The van der Waals surface area contributed by atoms with Gasteiger partial charge in [0.15, 0.2) is 16.6 Å². The molecule has 27 heteroatoms. The van der Waals surface area contributed by atoms with Crippen molar-refractivity contribution in [3.63, 3.8) is 0 Å². The van der Waals surface area contributed by atoms with Crippen molar-refractivity contribution in [2.24, 2.45) is 20.5 Å². The number of hydrogen-bond donors (Lipinski definition) is 2. The van der Waals surface area contributed by atoms with E-state index >= 15 is 0 Å². The first-order valence-corrected chi connectivity index (χ1v) is 23.2. The van der Waals surface area contributed by atoms with Crippen LogP contribution in [0.2, 0.25) is 0 Å². The molecule has 8 aromatic rings. The zero-order valence-corrected chi connectivity index (χ0v) is 40.7. The Morgan fingerprint density at radius 1 is 0.667 bits per heavy atom. The van der Waals surface area contributed by atoms with Gasteiger partial charge in [-0.05, 0) is 83.3 Å². The molecular weight excluding hydrogens is 937 g/mol. The van der Waals surface area contributed by atoms with E-state index in [9.17, 15) is 44.2 Å². The molecule has 0 amide bonds. The molecular formula is C42H24Li5N9O9S4. The van der Waals surface area contributed by atoms with Crippen LogP contribution in [-0.2, 0) is 30.4 Å². The van der Waals surface area contributed by atoms with Crippen LogP contribution in [0, 0.1) is 30.4 Å². The second-order valence-corrected chi connectivity index (χ2v) is 18.6. The van der Waals surface area contributed by atoms with Gasteiger partial charge in [-0.3, -0.25) is 6.07 Å². The SMILES string of the molecule is Cc1c(C#N)c(Nc2ccc(S(=O)(=O)[O-])cc2)nc(Nc2ccc(S(=O)(=O)[O-])cc2)c1N=Nc1nc(-c2ccc3ccccc3c2)c(N=Nc2cc(S(=O)(=O)[O-])c3c[c-]c[c-]c3c2)s1.[Li+].[Li+].[Li+].[Li+].[Li+]. The molecule has 2 N–H and O–H groups in total. The van der Waals surface area contributed by atoms with Crippen molar-refractivity contribution in [1.82, 2.24) is 9.97 Å². The topological polar surface area (TPSA) is 295 Å². The van der Waals surface area contributed by atoms with Crippen molar-refractivity contribution in [3.8, 4) is 17.3 Å². The number of benzene rings is 6. The summed E-state index contributed by atoms with van der Waals surface area (Å²) in [7, 11) is -14.4. The molecule has 2 aromatic heterocycles. The maximum absolute atomic E-state index is 12.2. The van der Waals surface area contributed by atoms with Gasteiger partial charge in [0.05, 0.1) is 21.0 Å². The third-order valence-electron chi connectivity index (χ3n) is 9.39. The van der Waals surface area contributed by atoms with Crippen molar-refractivity contribution in [1.29, 1.82) is 5.26 Å². The average Bonchev–Trinajstić information content (AvgIpc) is 3.67. The number of nitriles is 1. The molecule has 6 aromatic carbocycles. The Hall–Kier alpha value is -4.37. The van der Waals surface area contributed by atoms with E-state index in [0.29, 0.717) is 16.6 Å². The summed E-state index contributed by atoms with van der Waals surface area (Å²) in [4.78, 5) is 7.81. The number of nitrogens with one attached hydrogen (secondary N) is 2. The van der Waals surface area contributed by atoms with Crippen LogP contribution in [0.1, 0.15) is 11.1 Å². The minimum absolute atomic E-state index is 0. The van der Waals surface area contributed by atoms with E-state index in [1.54, 1.807) is 6.92 Å². The van der Waals surface area contributed by atoms with E-state index in [2.05, 4.69) is 54.3 Å². The molecule has 0 aliphatic heterocycles. The summed E-state index contributed by atoms with van der Waals surface area (Å²) in [5.41, 5.74) is 1.74. The van der Waals surface area contributed by atoms with Crippen LogP contribution in [0.3, 0.4) is 0 Å². The zero-order chi connectivity index (χ0) is 45.4. The minimum Gasteiger partial charge on any atom is -0.746 e. The molecule has 0 saturated heterocycles. The van der Waals surface area contributed by atoms with Crippen LogP contribution < -0.4 is 105 Å². The second kappa shape index (κ2) is 24.2. The summed E-state index contributed by atoms with van der Waals surface area (Å²) in [6.07, 6.45) is 0. The van der Waals surface area contributed by atoms with Crippen molar-refractivity contribution < 1.29 is 133 Å². The summed E-state index contributed by atoms with van der Waals surface area (Å²) < 4.78 is 106. The van der Waals surface area contributed by atoms with Gasteiger partial charge in [0.1, 0.15) is 47.8 Å². The molecule has 0 unspecified atom stereocenters. The summed E-state index contributed by atoms with van der Waals surface area (Å²) in [5, 5.41) is 36.3. The second-order valence-electron chi connectivity index (χ2n) is 13.5. The molecule has 0 aliphatic rings. The first-order chi connectivity index (χ1) is 30.4. The van der Waals surface area contributed by atoms with E-state index in [4.69, 9.17) is 4.98 Å². The Balaban J connectivity index is 0.00000252. The number of rotatable bonds is 12. The van der Waals surface area contributed by atoms with Gasteiger partial charge in [-0.1, -0.05) is 53.8 Å². The Labute approximate surface area is 460 Å². The van der Waals surface area contributed by atoms with Crippen LogP contribution in [0.25, 0.3) is 32.8 Å². The summed E-state index contributed by atoms with van der Waals surface area (Å²) in [5.74, 6) is -0.0360. The van der Waals surface area contributed by atoms with Crippen LogP contribution in [0.5, 0.6) is 0 Å². The number of aromatic nitrogens is 2. The van der Waals surface area contributed by atoms with E-state index in [1.807, 2.05) is 42.5 Å². The zero-order valence-electron chi connectivity index (χ0n) is 37.4. The number of nitrogens with zero attached hydrogens (tertiary/aromatic N) is 7. The normalized spacial score (nSPS) is 11.4. The van der Waals surface area contributed by atoms with Crippen LogP contribution in [0.4, 0.5) is 44.5 Å². The smallest absolute Gasteiger partial charge is 0.746 e. The molecule has 0 saturated carbocycles. The summed E-state index contributed by atoms with van der Waals surface area (Å²) >= 11 is 0.954.